The molecule has 1 atom stereocenters. The zero-order valence-electron chi connectivity index (χ0n) is 9.86. The van der Waals surface area contributed by atoms with Crippen LogP contribution in [0.15, 0.2) is 30.3 Å². The quantitative estimate of drug-likeness (QED) is 0.706. The molecule has 0 radical (unpaired) electrons. The fourth-order valence-corrected chi connectivity index (χ4v) is 1.44. The Bertz CT molecular complexity index is 264. The average Bonchev–Trinajstić information content (AvgIpc) is 2.35. The van der Waals surface area contributed by atoms with Crippen molar-refractivity contribution >= 4 is 0 Å². The fourth-order valence-electron chi connectivity index (χ4n) is 1.44. The smallest absolute Gasteiger partial charge is 0.119 e. The van der Waals surface area contributed by atoms with E-state index in [-0.39, 0.29) is 12.6 Å². The third kappa shape index (κ3) is 5.14. The minimum atomic E-state index is 0.142. The van der Waals surface area contributed by atoms with Crippen LogP contribution in [0.25, 0.3) is 0 Å². The molecule has 0 saturated heterocycles. The summed E-state index contributed by atoms with van der Waals surface area (Å²) < 4.78 is 5.57. The molecular formula is C13H21NO2. The Balaban J connectivity index is 2.18. The molecule has 3 heteroatoms. The largest absolute Gasteiger partial charge is 0.494 e. The summed E-state index contributed by atoms with van der Waals surface area (Å²) in [4.78, 5) is 0. The van der Waals surface area contributed by atoms with Gasteiger partial charge in [0.25, 0.3) is 0 Å². The average molecular weight is 223 g/mol. The van der Waals surface area contributed by atoms with E-state index in [9.17, 15) is 0 Å². The third-order valence-electron chi connectivity index (χ3n) is 2.38. The second-order valence-electron chi connectivity index (χ2n) is 3.78. The molecule has 1 aromatic rings. The van der Waals surface area contributed by atoms with E-state index in [4.69, 9.17) is 9.84 Å². The van der Waals surface area contributed by atoms with Crippen LogP contribution in [0.5, 0.6) is 5.75 Å². The van der Waals surface area contributed by atoms with Gasteiger partial charge in [-0.3, -0.25) is 0 Å². The molecule has 0 aliphatic heterocycles. The summed E-state index contributed by atoms with van der Waals surface area (Å²) in [6, 6.07) is 9.89. The van der Waals surface area contributed by atoms with Crippen molar-refractivity contribution in [2.75, 3.05) is 19.8 Å². The van der Waals surface area contributed by atoms with Crippen molar-refractivity contribution in [1.29, 1.82) is 0 Å². The zero-order chi connectivity index (χ0) is 11.6. The number of hydrogen-bond acceptors (Lipinski definition) is 3. The normalized spacial score (nSPS) is 12.4. The molecule has 90 valence electrons. The molecule has 1 aromatic carbocycles. The van der Waals surface area contributed by atoms with E-state index in [0.717, 1.165) is 25.1 Å². The lowest BCUT2D eigenvalue weighted by Gasteiger charge is -2.15. The lowest BCUT2D eigenvalue weighted by atomic mass is 10.2. The lowest BCUT2D eigenvalue weighted by Crippen LogP contribution is -2.34. The lowest BCUT2D eigenvalue weighted by molar-refractivity contribution is 0.209. The summed E-state index contributed by atoms with van der Waals surface area (Å²) in [5, 5.41) is 12.4. The molecule has 0 aliphatic carbocycles. The summed E-state index contributed by atoms with van der Waals surface area (Å²) in [5.41, 5.74) is 0. The van der Waals surface area contributed by atoms with Crippen molar-refractivity contribution in [2.45, 2.75) is 25.8 Å². The van der Waals surface area contributed by atoms with Crippen molar-refractivity contribution in [3.05, 3.63) is 30.3 Å². The van der Waals surface area contributed by atoms with Gasteiger partial charge >= 0.3 is 0 Å². The van der Waals surface area contributed by atoms with Gasteiger partial charge in [-0.15, -0.1) is 0 Å². The van der Waals surface area contributed by atoms with Crippen molar-refractivity contribution in [3.63, 3.8) is 0 Å². The van der Waals surface area contributed by atoms with Gasteiger partial charge in [0, 0.05) is 6.04 Å². The summed E-state index contributed by atoms with van der Waals surface area (Å²) in [6.45, 7) is 3.85. The highest BCUT2D eigenvalue weighted by molar-refractivity contribution is 5.20. The summed E-state index contributed by atoms with van der Waals surface area (Å²) in [6.07, 6.45) is 1.90. The molecule has 1 unspecified atom stereocenters. The minimum absolute atomic E-state index is 0.142. The first-order valence-corrected chi connectivity index (χ1v) is 5.89. The molecule has 0 amide bonds. The van der Waals surface area contributed by atoms with Crippen molar-refractivity contribution in [2.24, 2.45) is 0 Å². The van der Waals surface area contributed by atoms with Gasteiger partial charge in [-0.05, 0) is 31.5 Å². The zero-order valence-corrected chi connectivity index (χ0v) is 9.86. The Kier molecular flexibility index (Phi) is 6.61. The van der Waals surface area contributed by atoms with Crippen molar-refractivity contribution < 1.29 is 9.84 Å². The first-order chi connectivity index (χ1) is 7.86. The van der Waals surface area contributed by atoms with Gasteiger partial charge in [0.05, 0.1) is 13.2 Å². The van der Waals surface area contributed by atoms with E-state index >= 15 is 0 Å². The SMILES string of the molecule is CCCNC(CO)CCOc1ccccc1. The van der Waals surface area contributed by atoms with Crippen LogP contribution in [0.1, 0.15) is 19.8 Å². The van der Waals surface area contributed by atoms with Gasteiger partial charge in [-0.25, -0.2) is 0 Å². The molecule has 0 saturated carbocycles. The first kappa shape index (κ1) is 13.0. The highest BCUT2D eigenvalue weighted by Crippen LogP contribution is 2.08. The summed E-state index contributed by atoms with van der Waals surface area (Å²) in [7, 11) is 0. The number of aliphatic hydroxyl groups is 1. The molecule has 0 heterocycles. The van der Waals surface area contributed by atoms with Crippen LogP contribution in [0.4, 0.5) is 0 Å². The van der Waals surface area contributed by atoms with E-state index in [0.29, 0.717) is 6.61 Å². The monoisotopic (exact) mass is 223 g/mol. The Morgan fingerprint density at radius 3 is 2.69 bits per heavy atom. The second-order valence-corrected chi connectivity index (χ2v) is 3.78. The topological polar surface area (TPSA) is 41.5 Å². The predicted octanol–water partition coefficient (Wildman–Crippen LogP) is 1.82. The molecule has 0 spiro atoms. The van der Waals surface area contributed by atoms with Crippen LogP contribution in [0.2, 0.25) is 0 Å². The van der Waals surface area contributed by atoms with Gasteiger partial charge in [-0.1, -0.05) is 25.1 Å². The summed E-state index contributed by atoms with van der Waals surface area (Å²) >= 11 is 0. The van der Waals surface area contributed by atoms with Gasteiger partial charge in [0.15, 0.2) is 0 Å². The van der Waals surface area contributed by atoms with Gasteiger partial charge in [0.1, 0.15) is 5.75 Å². The molecule has 1 rings (SSSR count). The van der Waals surface area contributed by atoms with Crippen LogP contribution >= 0.6 is 0 Å². The highest BCUT2D eigenvalue weighted by atomic mass is 16.5. The number of nitrogens with one attached hydrogen (secondary N) is 1. The van der Waals surface area contributed by atoms with Gasteiger partial charge < -0.3 is 15.2 Å². The van der Waals surface area contributed by atoms with Crippen LogP contribution in [0.3, 0.4) is 0 Å². The maximum Gasteiger partial charge on any atom is 0.119 e. The van der Waals surface area contributed by atoms with Crippen LogP contribution in [-0.4, -0.2) is 30.9 Å². The number of hydrogen-bond donors (Lipinski definition) is 2. The van der Waals surface area contributed by atoms with Crippen LogP contribution < -0.4 is 10.1 Å². The van der Waals surface area contributed by atoms with Gasteiger partial charge in [-0.2, -0.15) is 0 Å². The Labute approximate surface area is 97.4 Å². The van der Waals surface area contributed by atoms with Crippen molar-refractivity contribution in [1.82, 2.24) is 5.32 Å². The molecule has 16 heavy (non-hydrogen) atoms. The Morgan fingerprint density at radius 1 is 1.31 bits per heavy atom. The van der Waals surface area contributed by atoms with E-state index in [2.05, 4.69) is 12.2 Å². The maximum atomic E-state index is 9.13. The molecule has 3 nitrogen and oxygen atoms in total. The fraction of sp³-hybridized carbons (Fsp3) is 0.538. The molecule has 2 N–H and O–H groups in total. The van der Waals surface area contributed by atoms with Gasteiger partial charge in [0.2, 0.25) is 0 Å². The van der Waals surface area contributed by atoms with E-state index in [1.165, 1.54) is 0 Å². The summed E-state index contributed by atoms with van der Waals surface area (Å²) in [5.74, 6) is 0.884. The molecule has 0 aliphatic rings. The van der Waals surface area contributed by atoms with Crippen LogP contribution in [0, 0.1) is 0 Å². The Morgan fingerprint density at radius 2 is 2.06 bits per heavy atom. The van der Waals surface area contributed by atoms with Crippen LogP contribution in [-0.2, 0) is 0 Å². The van der Waals surface area contributed by atoms with E-state index in [1.807, 2.05) is 30.3 Å². The van der Waals surface area contributed by atoms with E-state index in [1.54, 1.807) is 0 Å². The standard InChI is InChI=1S/C13H21NO2/c1-2-9-14-12(11-15)8-10-16-13-6-4-3-5-7-13/h3-7,12,14-15H,2,8-11H2,1H3. The molecule has 0 bridgehead atoms. The molecule has 0 aromatic heterocycles. The molecule has 0 fully saturated rings. The Hall–Kier alpha value is -1.06. The predicted molar refractivity (Wildman–Crippen MR) is 65.7 cm³/mol. The van der Waals surface area contributed by atoms with E-state index < -0.39 is 0 Å². The highest BCUT2D eigenvalue weighted by Gasteiger charge is 2.05. The minimum Gasteiger partial charge on any atom is -0.494 e. The number of aliphatic hydroxyl groups excluding tert-OH is 1. The number of rotatable bonds is 8. The third-order valence-corrected chi connectivity index (χ3v) is 2.38. The molecular weight excluding hydrogens is 202 g/mol. The van der Waals surface area contributed by atoms with Crippen molar-refractivity contribution in [3.8, 4) is 5.75 Å². The number of ether oxygens (including phenoxy) is 1. The number of benzene rings is 1. The second kappa shape index (κ2) is 8.13. The maximum absolute atomic E-state index is 9.13. The first-order valence-electron chi connectivity index (χ1n) is 5.89. The number of para-hydroxylation sites is 1.